The molecule has 0 aliphatic heterocycles. The molecule has 0 heterocycles. The maximum Gasteiger partial charge on any atom is 0.126 e. The predicted molar refractivity (Wildman–Crippen MR) is 81.3 cm³/mol. The summed E-state index contributed by atoms with van der Waals surface area (Å²) in [4.78, 5) is 0. The maximum absolute atomic E-state index is 10.2. The summed E-state index contributed by atoms with van der Waals surface area (Å²) in [5, 5.41) is 21.5. The fraction of sp³-hybridized carbons (Fsp3) is 0.111. The largest absolute Gasteiger partial charge is 0.508 e. The molecule has 3 aromatic rings. The molecule has 0 saturated carbocycles. The molecule has 0 saturated heterocycles. The van der Waals surface area contributed by atoms with Gasteiger partial charge in [0.25, 0.3) is 0 Å². The van der Waals surface area contributed by atoms with Crippen molar-refractivity contribution in [2.45, 2.75) is 13.3 Å². The van der Waals surface area contributed by atoms with Crippen molar-refractivity contribution in [3.63, 3.8) is 0 Å². The Kier molecular flexibility index (Phi) is 3.07. The molecule has 0 atom stereocenters. The van der Waals surface area contributed by atoms with Gasteiger partial charge in [-0.15, -0.1) is 0 Å². The first-order valence-corrected chi connectivity index (χ1v) is 6.63. The molecule has 2 heteroatoms. The summed E-state index contributed by atoms with van der Waals surface area (Å²) >= 11 is 0. The van der Waals surface area contributed by atoms with Crippen LogP contribution in [0.15, 0.2) is 54.6 Å². The predicted octanol–water partition coefficient (Wildman–Crippen LogP) is 4.15. The van der Waals surface area contributed by atoms with Crippen LogP contribution in [0.2, 0.25) is 0 Å². The first-order chi connectivity index (χ1) is 9.65. The van der Waals surface area contributed by atoms with E-state index in [4.69, 9.17) is 0 Å². The lowest BCUT2D eigenvalue weighted by atomic mass is 9.95. The second-order valence-corrected chi connectivity index (χ2v) is 5.09. The van der Waals surface area contributed by atoms with Gasteiger partial charge < -0.3 is 10.2 Å². The Labute approximate surface area is 117 Å². The summed E-state index contributed by atoms with van der Waals surface area (Å²) in [5.74, 6) is 0.635. The minimum atomic E-state index is 0.278. The minimum Gasteiger partial charge on any atom is -0.508 e. The lowest BCUT2D eigenvalue weighted by Crippen LogP contribution is -1.92. The van der Waals surface area contributed by atoms with Crippen molar-refractivity contribution in [2.24, 2.45) is 0 Å². The van der Waals surface area contributed by atoms with Crippen molar-refractivity contribution in [1.29, 1.82) is 0 Å². The molecule has 0 bridgehead atoms. The second kappa shape index (κ2) is 4.89. The van der Waals surface area contributed by atoms with E-state index in [1.165, 1.54) is 5.56 Å². The third-order valence-electron chi connectivity index (χ3n) is 3.62. The number of phenols is 2. The van der Waals surface area contributed by atoms with Crippen LogP contribution in [0, 0.1) is 6.92 Å². The summed E-state index contributed by atoms with van der Waals surface area (Å²) < 4.78 is 0. The van der Waals surface area contributed by atoms with Gasteiger partial charge in [0.15, 0.2) is 0 Å². The smallest absolute Gasteiger partial charge is 0.126 e. The molecule has 0 amide bonds. The van der Waals surface area contributed by atoms with Crippen molar-refractivity contribution in [1.82, 2.24) is 0 Å². The second-order valence-electron chi connectivity index (χ2n) is 5.09. The van der Waals surface area contributed by atoms with Gasteiger partial charge in [-0.2, -0.15) is 0 Å². The van der Waals surface area contributed by atoms with Crippen molar-refractivity contribution in [3.05, 3.63) is 71.3 Å². The average Bonchev–Trinajstić information content (AvgIpc) is 2.47. The average molecular weight is 264 g/mol. The van der Waals surface area contributed by atoms with E-state index in [9.17, 15) is 10.2 Å². The van der Waals surface area contributed by atoms with E-state index in [2.05, 4.69) is 0 Å². The molecule has 0 aliphatic carbocycles. The Bertz CT molecular complexity index is 758. The van der Waals surface area contributed by atoms with Crippen LogP contribution >= 0.6 is 0 Å². The quantitative estimate of drug-likeness (QED) is 0.730. The fourth-order valence-electron chi connectivity index (χ4n) is 2.57. The van der Waals surface area contributed by atoms with Crippen LogP contribution in [0.1, 0.15) is 16.7 Å². The van der Waals surface area contributed by atoms with Crippen LogP contribution in [0.5, 0.6) is 11.5 Å². The van der Waals surface area contributed by atoms with Crippen molar-refractivity contribution >= 4 is 10.8 Å². The van der Waals surface area contributed by atoms with Gasteiger partial charge in [-0.3, -0.25) is 0 Å². The number of aromatic hydroxyl groups is 2. The highest BCUT2D eigenvalue weighted by Crippen LogP contribution is 2.32. The van der Waals surface area contributed by atoms with E-state index >= 15 is 0 Å². The monoisotopic (exact) mass is 264 g/mol. The van der Waals surface area contributed by atoms with Gasteiger partial charge in [-0.05, 0) is 47.6 Å². The Hall–Kier alpha value is -2.48. The Morgan fingerprint density at radius 3 is 2.20 bits per heavy atom. The number of hydrogen-bond acceptors (Lipinski definition) is 2. The van der Waals surface area contributed by atoms with E-state index in [1.54, 1.807) is 12.1 Å². The molecule has 0 aliphatic rings. The van der Waals surface area contributed by atoms with Crippen LogP contribution in [-0.2, 0) is 6.42 Å². The Morgan fingerprint density at radius 1 is 0.850 bits per heavy atom. The zero-order valence-electron chi connectivity index (χ0n) is 11.3. The molecule has 100 valence electrons. The molecule has 3 rings (SSSR count). The van der Waals surface area contributed by atoms with Crippen LogP contribution in [0.4, 0.5) is 0 Å². The molecule has 2 N–H and O–H groups in total. The standard InChI is InChI=1S/C18H16O2/c1-12-10-14(11-13-6-8-15(19)9-7-13)16-4-2-3-5-17(16)18(12)20/h2-10,19-20H,11H2,1H3. The van der Waals surface area contributed by atoms with Gasteiger partial charge in [0, 0.05) is 5.39 Å². The zero-order chi connectivity index (χ0) is 14.1. The summed E-state index contributed by atoms with van der Waals surface area (Å²) in [6.45, 7) is 1.92. The van der Waals surface area contributed by atoms with Crippen LogP contribution in [-0.4, -0.2) is 10.2 Å². The topological polar surface area (TPSA) is 40.5 Å². The highest BCUT2D eigenvalue weighted by molar-refractivity contribution is 5.92. The Morgan fingerprint density at radius 2 is 1.50 bits per heavy atom. The summed E-state index contributed by atoms with van der Waals surface area (Å²) in [7, 11) is 0. The molecule has 0 aromatic heterocycles. The SMILES string of the molecule is Cc1cc(Cc2ccc(O)cc2)c2ccccc2c1O. The summed E-state index contributed by atoms with van der Waals surface area (Å²) in [6.07, 6.45) is 0.780. The van der Waals surface area contributed by atoms with Gasteiger partial charge in [0.2, 0.25) is 0 Å². The van der Waals surface area contributed by atoms with Crippen LogP contribution in [0.25, 0.3) is 10.8 Å². The number of fused-ring (bicyclic) bond motifs is 1. The molecule has 3 aromatic carbocycles. The molecule has 0 unspecified atom stereocenters. The molecule has 2 nitrogen and oxygen atoms in total. The third-order valence-corrected chi connectivity index (χ3v) is 3.62. The first-order valence-electron chi connectivity index (χ1n) is 6.63. The van der Waals surface area contributed by atoms with E-state index in [0.29, 0.717) is 5.75 Å². The fourth-order valence-corrected chi connectivity index (χ4v) is 2.57. The molecular weight excluding hydrogens is 248 g/mol. The zero-order valence-corrected chi connectivity index (χ0v) is 11.3. The van der Waals surface area contributed by atoms with Crippen molar-refractivity contribution in [2.75, 3.05) is 0 Å². The highest BCUT2D eigenvalue weighted by Gasteiger charge is 2.09. The van der Waals surface area contributed by atoms with E-state index < -0.39 is 0 Å². The van der Waals surface area contributed by atoms with Gasteiger partial charge in [0.1, 0.15) is 11.5 Å². The third kappa shape index (κ3) is 2.21. The summed E-state index contributed by atoms with van der Waals surface area (Å²) in [5.41, 5.74) is 3.21. The number of phenolic OH excluding ortho intramolecular Hbond substituents is 2. The van der Waals surface area contributed by atoms with Gasteiger partial charge in [0.05, 0.1) is 0 Å². The molecule has 0 radical (unpaired) electrons. The number of benzene rings is 3. The number of rotatable bonds is 2. The first kappa shape index (κ1) is 12.5. The highest BCUT2D eigenvalue weighted by atomic mass is 16.3. The lowest BCUT2D eigenvalue weighted by molar-refractivity contribution is 0.475. The van der Waals surface area contributed by atoms with Crippen molar-refractivity contribution in [3.8, 4) is 11.5 Å². The molecule has 20 heavy (non-hydrogen) atoms. The molecular formula is C18H16O2. The number of aryl methyl sites for hydroxylation is 1. The lowest BCUT2D eigenvalue weighted by Gasteiger charge is -2.11. The summed E-state index contributed by atoms with van der Waals surface area (Å²) in [6, 6.07) is 17.2. The number of hydrogen-bond donors (Lipinski definition) is 2. The van der Waals surface area contributed by atoms with E-state index in [0.717, 1.165) is 28.3 Å². The van der Waals surface area contributed by atoms with E-state index in [-0.39, 0.29) is 5.75 Å². The normalized spacial score (nSPS) is 10.8. The Balaban J connectivity index is 2.11. The van der Waals surface area contributed by atoms with E-state index in [1.807, 2.05) is 49.4 Å². The van der Waals surface area contributed by atoms with Gasteiger partial charge >= 0.3 is 0 Å². The van der Waals surface area contributed by atoms with Crippen LogP contribution in [0.3, 0.4) is 0 Å². The van der Waals surface area contributed by atoms with Gasteiger partial charge in [-0.25, -0.2) is 0 Å². The van der Waals surface area contributed by atoms with Crippen molar-refractivity contribution < 1.29 is 10.2 Å². The van der Waals surface area contributed by atoms with Gasteiger partial charge in [-0.1, -0.05) is 42.5 Å². The molecule has 0 spiro atoms. The maximum atomic E-state index is 10.2. The minimum absolute atomic E-state index is 0.278. The van der Waals surface area contributed by atoms with Crippen LogP contribution < -0.4 is 0 Å². The molecule has 0 fully saturated rings.